The van der Waals surface area contributed by atoms with Gasteiger partial charge in [0.2, 0.25) is 0 Å². The third kappa shape index (κ3) is 2.44. The Balaban J connectivity index is 1.95. The number of aromatic nitrogens is 2. The molecule has 0 saturated carbocycles. The monoisotopic (exact) mass is 264 g/mol. The van der Waals surface area contributed by atoms with Crippen molar-refractivity contribution in [3.05, 3.63) is 70.1 Å². The number of aromatic amines is 1. The van der Waals surface area contributed by atoms with Gasteiger partial charge in [-0.1, -0.05) is 30.4 Å². The molecule has 1 heterocycles. The molecule has 0 aliphatic carbocycles. The highest BCUT2D eigenvalue weighted by molar-refractivity contribution is 5.84. The molecule has 1 aromatic heterocycles. The van der Waals surface area contributed by atoms with Gasteiger partial charge in [-0.3, -0.25) is 4.79 Å². The minimum Gasteiger partial charge on any atom is -0.508 e. The predicted molar refractivity (Wildman–Crippen MR) is 79.4 cm³/mol. The van der Waals surface area contributed by atoms with E-state index in [2.05, 4.69) is 10.2 Å². The summed E-state index contributed by atoms with van der Waals surface area (Å²) in [6.45, 7) is 0. The molecular formula is C16H12N2O2. The van der Waals surface area contributed by atoms with Gasteiger partial charge in [0.15, 0.2) is 0 Å². The van der Waals surface area contributed by atoms with Crippen LogP contribution in [0.5, 0.6) is 5.75 Å². The van der Waals surface area contributed by atoms with E-state index in [4.69, 9.17) is 0 Å². The van der Waals surface area contributed by atoms with Crippen LogP contribution in [0.4, 0.5) is 0 Å². The van der Waals surface area contributed by atoms with E-state index in [0.717, 1.165) is 16.5 Å². The summed E-state index contributed by atoms with van der Waals surface area (Å²) in [6.07, 6.45) is 5.53. The topological polar surface area (TPSA) is 66.0 Å². The lowest BCUT2D eigenvalue weighted by Gasteiger charge is -1.98. The van der Waals surface area contributed by atoms with Crippen LogP contribution in [-0.4, -0.2) is 15.3 Å². The van der Waals surface area contributed by atoms with E-state index in [-0.39, 0.29) is 11.3 Å². The summed E-state index contributed by atoms with van der Waals surface area (Å²) >= 11 is 0. The van der Waals surface area contributed by atoms with Crippen molar-refractivity contribution in [2.75, 3.05) is 0 Å². The molecule has 3 aromatic rings. The quantitative estimate of drug-likeness (QED) is 0.699. The Labute approximate surface area is 115 Å². The molecule has 0 fully saturated rings. The molecule has 0 aliphatic rings. The standard InChI is InChI=1S/C16H12N2O2/c19-14-6-3-11(4-7-14)1-2-12-5-8-15-13(9-12)10-17-18-16(15)20/h1-10,19H,(H,18,20). The van der Waals surface area contributed by atoms with Crippen LogP contribution in [0.25, 0.3) is 22.9 Å². The molecule has 98 valence electrons. The number of aromatic hydroxyl groups is 1. The number of phenolic OH excluding ortho intramolecular Hbond substituents is 1. The fraction of sp³-hybridized carbons (Fsp3) is 0. The Morgan fingerprint density at radius 1 is 1.00 bits per heavy atom. The second-order valence-electron chi connectivity index (χ2n) is 4.47. The van der Waals surface area contributed by atoms with Crippen molar-refractivity contribution in [2.24, 2.45) is 0 Å². The largest absolute Gasteiger partial charge is 0.508 e. The van der Waals surface area contributed by atoms with Gasteiger partial charge in [-0.15, -0.1) is 0 Å². The second kappa shape index (κ2) is 5.01. The average molecular weight is 264 g/mol. The zero-order valence-electron chi connectivity index (χ0n) is 10.6. The molecule has 4 nitrogen and oxygen atoms in total. The molecule has 4 heteroatoms. The van der Waals surface area contributed by atoms with Gasteiger partial charge in [-0.05, 0) is 35.4 Å². The summed E-state index contributed by atoms with van der Waals surface area (Å²) < 4.78 is 0. The summed E-state index contributed by atoms with van der Waals surface area (Å²) in [5, 5.41) is 16.9. The number of hydrogen-bond acceptors (Lipinski definition) is 3. The van der Waals surface area contributed by atoms with E-state index in [9.17, 15) is 9.90 Å². The summed E-state index contributed by atoms with van der Waals surface area (Å²) in [7, 11) is 0. The fourth-order valence-corrected chi connectivity index (χ4v) is 2.00. The highest BCUT2D eigenvalue weighted by Gasteiger charge is 1.98. The van der Waals surface area contributed by atoms with Gasteiger partial charge in [-0.2, -0.15) is 5.10 Å². The lowest BCUT2D eigenvalue weighted by molar-refractivity contribution is 0.475. The number of nitrogens with zero attached hydrogens (tertiary/aromatic N) is 1. The maximum Gasteiger partial charge on any atom is 0.272 e. The van der Waals surface area contributed by atoms with Crippen LogP contribution >= 0.6 is 0 Å². The first-order valence-electron chi connectivity index (χ1n) is 6.17. The number of rotatable bonds is 2. The van der Waals surface area contributed by atoms with E-state index in [1.807, 2.05) is 36.4 Å². The van der Waals surface area contributed by atoms with E-state index in [0.29, 0.717) is 5.39 Å². The normalized spacial score (nSPS) is 11.2. The lowest BCUT2D eigenvalue weighted by atomic mass is 10.1. The number of nitrogens with one attached hydrogen (secondary N) is 1. The van der Waals surface area contributed by atoms with Crippen molar-refractivity contribution in [1.29, 1.82) is 0 Å². The maximum absolute atomic E-state index is 11.5. The third-order valence-corrected chi connectivity index (χ3v) is 3.05. The van der Waals surface area contributed by atoms with Crippen LogP contribution < -0.4 is 5.56 Å². The SMILES string of the molecule is O=c1[nH]ncc2cc(C=Cc3ccc(O)cc3)ccc12. The molecule has 2 aromatic carbocycles. The fourth-order valence-electron chi connectivity index (χ4n) is 2.00. The minimum atomic E-state index is -0.184. The molecule has 0 unspecified atom stereocenters. The van der Waals surface area contributed by atoms with Gasteiger partial charge in [0.05, 0.1) is 11.6 Å². The minimum absolute atomic E-state index is 0.184. The Kier molecular flexibility index (Phi) is 3.05. The van der Waals surface area contributed by atoms with Crippen molar-refractivity contribution < 1.29 is 5.11 Å². The first-order chi connectivity index (χ1) is 9.72. The molecule has 20 heavy (non-hydrogen) atoms. The summed E-state index contributed by atoms with van der Waals surface area (Å²) in [5.41, 5.74) is 1.79. The molecule has 0 spiro atoms. The van der Waals surface area contributed by atoms with Gasteiger partial charge in [0.1, 0.15) is 5.75 Å². The van der Waals surface area contributed by atoms with Gasteiger partial charge >= 0.3 is 0 Å². The zero-order chi connectivity index (χ0) is 13.9. The van der Waals surface area contributed by atoms with Crippen molar-refractivity contribution in [2.45, 2.75) is 0 Å². The third-order valence-electron chi connectivity index (χ3n) is 3.05. The predicted octanol–water partition coefficient (Wildman–Crippen LogP) is 2.80. The van der Waals surface area contributed by atoms with Crippen molar-refractivity contribution in [3.8, 4) is 5.75 Å². The van der Waals surface area contributed by atoms with E-state index >= 15 is 0 Å². The van der Waals surface area contributed by atoms with Crippen molar-refractivity contribution >= 4 is 22.9 Å². The first-order valence-corrected chi connectivity index (χ1v) is 6.17. The molecule has 3 rings (SSSR count). The molecule has 2 N–H and O–H groups in total. The summed E-state index contributed by atoms with van der Waals surface area (Å²) in [5.74, 6) is 0.248. The van der Waals surface area contributed by atoms with Gasteiger partial charge in [-0.25, -0.2) is 5.10 Å². The molecule has 0 bridgehead atoms. The maximum atomic E-state index is 11.5. The van der Waals surface area contributed by atoms with E-state index < -0.39 is 0 Å². The van der Waals surface area contributed by atoms with Gasteiger partial charge in [0, 0.05) is 5.39 Å². The van der Waals surface area contributed by atoms with E-state index in [1.54, 1.807) is 24.4 Å². The Hall–Kier alpha value is -2.88. The number of benzene rings is 2. The van der Waals surface area contributed by atoms with Crippen LogP contribution in [0.1, 0.15) is 11.1 Å². The number of phenols is 1. The van der Waals surface area contributed by atoms with Gasteiger partial charge < -0.3 is 5.11 Å². The Morgan fingerprint density at radius 2 is 1.70 bits per heavy atom. The van der Waals surface area contributed by atoms with Crippen LogP contribution in [0, 0.1) is 0 Å². The molecule has 0 saturated heterocycles. The number of fused-ring (bicyclic) bond motifs is 1. The van der Waals surface area contributed by atoms with Crippen LogP contribution in [0.2, 0.25) is 0 Å². The number of H-pyrrole nitrogens is 1. The van der Waals surface area contributed by atoms with Crippen LogP contribution in [0.3, 0.4) is 0 Å². The Bertz CT molecular complexity index is 833. The molecule has 0 atom stereocenters. The summed E-state index contributed by atoms with van der Waals surface area (Å²) in [6, 6.07) is 12.5. The zero-order valence-corrected chi connectivity index (χ0v) is 10.6. The first kappa shape index (κ1) is 12.2. The summed E-state index contributed by atoms with van der Waals surface area (Å²) in [4.78, 5) is 11.5. The van der Waals surface area contributed by atoms with Gasteiger partial charge in [0.25, 0.3) is 5.56 Å². The molecule has 0 amide bonds. The van der Waals surface area contributed by atoms with E-state index in [1.165, 1.54) is 0 Å². The highest BCUT2D eigenvalue weighted by Crippen LogP contribution is 2.15. The van der Waals surface area contributed by atoms with Crippen molar-refractivity contribution in [3.63, 3.8) is 0 Å². The average Bonchev–Trinajstić information content (AvgIpc) is 2.47. The molecular weight excluding hydrogens is 252 g/mol. The molecule has 0 aliphatic heterocycles. The van der Waals surface area contributed by atoms with Crippen molar-refractivity contribution in [1.82, 2.24) is 10.2 Å². The lowest BCUT2D eigenvalue weighted by Crippen LogP contribution is -2.06. The highest BCUT2D eigenvalue weighted by atomic mass is 16.3. The molecule has 0 radical (unpaired) electrons. The smallest absolute Gasteiger partial charge is 0.272 e. The van der Waals surface area contributed by atoms with Crippen LogP contribution in [-0.2, 0) is 0 Å². The number of hydrogen-bond donors (Lipinski definition) is 2. The Morgan fingerprint density at radius 3 is 2.50 bits per heavy atom. The second-order valence-corrected chi connectivity index (χ2v) is 4.47. The van der Waals surface area contributed by atoms with Crippen LogP contribution in [0.15, 0.2) is 53.5 Å².